The molecule has 0 saturated heterocycles. The second kappa shape index (κ2) is 11.7. The van der Waals surface area contributed by atoms with Crippen molar-refractivity contribution in [3.05, 3.63) is 107 Å². The molecule has 0 bridgehead atoms. The molecule has 7 nitrogen and oxygen atoms in total. The predicted molar refractivity (Wildman–Crippen MR) is 159 cm³/mol. The summed E-state index contributed by atoms with van der Waals surface area (Å²) in [6.45, 7) is 4.28. The summed E-state index contributed by atoms with van der Waals surface area (Å²) in [5.41, 5.74) is 3.83. The number of methoxy groups -OCH3 is 1. The summed E-state index contributed by atoms with van der Waals surface area (Å²) in [6.07, 6.45) is 1.89. The Bertz CT molecular complexity index is 1690. The van der Waals surface area contributed by atoms with E-state index in [1.165, 1.54) is 0 Å². The maximum Gasteiger partial charge on any atom is 0.305 e. The van der Waals surface area contributed by atoms with Gasteiger partial charge in [0.2, 0.25) is 5.88 Å². The topological polar surface area (TPSA) is 85.6 Å². The molecule has 2 N–H and O–H groups in total. The Kier molecular flexibility index (Phi) is 7.96. The van der Waals surface area contributed by atoms with Crippen LogP contribution >= 0.6 is 23.2 Å². The highest BCUT2D eigenvalue weighted by Gasteiger charge is 2.16. The first kappa shape index (κ1) is 27.1. The number of nitrogens with one attached hydrogen (secondary N) is 1. The van der Waals surface area contributed by atoms with Gasteiger partial charge in [-0.05, 0) is 82.6 Å². The number of benzene rings is 4. The molecular formula is C31H25Cl2N3O4. The molecule has 0 radical (unpaired) electrons. The van der Waals surface area contributed by atoms with Crippen LogP contribution in [-0.2, 0) is 4.79 Å². The van der Waals surface area contributed by atoms with E-state index in [1.807, 2.05) is 60.8 Å². The van der Waals surface area contributed by atoms with Gasteiger partial charge in [0.25, 0.3) is 0 Å². The van der Waals surface area contributed by atoms with Gasteiger partial charge in [0, 0.05) is 28.5 Å². The van der Waals surface area contributed by atoms with Gasteiger partial charge in [-0.1, -0.05) is 48.0 Å². The number of carboxylic acids is 1. The molecule has 0 atom stereocenters. The number of halogens is 2. The van der Waals surface area contributed by atoms with Crippen LogP contribution in [0.25, 0.3) is 33.3 Å². The van der Waals surface area contributed by atoms with Crippen LogP contribution in [0, 0.1) is 0 Å². The molecule has 4 aromatic carbocycles. The van der Waals surface area contributed by atoms with E-state index in [4.69, 9.17) is 42.9 Å². The molecule has 202 valence electrons. The van der Waals surface area contributed by atoms with Gasteiger partial charge in [0.15, 0.2) is 0 Å². The highest BCUT2D eigenvalue weighted by molar-refractivity contribution is 6.34. The van der Waals surface area contributed by atoms with Crippen molar-refractivity contribution in [2.45, 2.75) is 6.42 Å². The summed E-state index contributed by atoms with van der Waals surface area (Å²) < 4.78 is 13.3. The largest absolute Gasteiger partial charge is 0.497 e. The molecule has 0 aliphatic heterocycles. The Morgan fingerprint density at radius 1 is 0.950 bits per heavy atom. The molecule has 1 heterocycles. The number of aliphatic carboxylic acids is 1. The lowest BCUT2D eigenvalue weighted by Gasteiger charge is -2.10. The number of carbonyl (C=O) groups is 1. The second-order valence-electron chi connectivity index (χ2n) is 9.02. The minimum absolute atomic E-state index is 0.00576. The molecule has 0 fully saturated rings. The summed E-state index contributed by atoms with van der Waals surface area (Å²) in [5.74, 6) is 0.891. The fraction of sp³-hybridized carbons (Fsp3) is 0.0968. The van der Waals surface area contributed by atoms with Crippen molar-refractivity contribution in [2.75, 3.05) is 13.7 Å². The maximum absolute atomic E-state index is 10.8. The molecule has 0 spiro atoms. The average Bonchev–Trinajstić information content (AvgIpc) is 3.36. The van der Waals surface area contributed by atoms with E-state index >= 15 is 0 Å². The van der Waals surface area contributed by atoms with Crippen LogP contribution < -0.4 is 14.8 Å². The Balaban J connectivity index is 1.48. The Morgan fingerprint density at radius 2 is 1.62 bits per heavy atom. The molecule has 0 aliphatic rings. The van der Waals surface area contributed by atoms with E-state index in [1.54, 1.807) is 30.0 Å². The first-order valence-electron chi connectivity index (χ1n) is 12.4. The number of aromatic nitrogens is 2. The van der Waals surface area contributed by atoms with Gasteiger partial charge in [-0.2, -0.15) is 0 Å². The second-order valence-corrected chi connectivity index (χ2v) is 9.90. The molecule has 0 aliphatic carbocycles. The van der Waals surface area contributed by atoms with Crippen molar-refractivity contribution < 1.29 is 19.4 Å². The molecule has 9 heteroatoms. The van der Waals surface area contributed by atoms with E-state index in [9.17, 15) is 4.79 Å². The predicted octanol–water partition coefficient (Wildman–Crippen LogP) is 7.84. The number of ether oxygens (including phenoxy) is 2. The first-order chi connectivity index (χ1) is 19.3. The monoisotopic (exact) mass is 573 g/mol. The van der Waals surface area contributed by atoms with E-state index < -0.39 is 5.97 Å². The van der Waals surface area contributed by atoms with E-state index in [0.717, 1.165) is 33.2 Å². The number of carboxylic acid groups (broad SMARTS) is 1. The molecule has 0 unspecified atom stereocenters. The standard InChI is InChI=1S/C31H25Cl2N3O4/c1-19(34-12-11-30(37)38)20-5-8-27(9-6-20)40-31-29(18-36(35-31)26-16-24(32)15-25(33)17-26)23-4-3-22-14-28(39-2)10-7-21(22)13-23/h3-10,13-18,34H,1,11-12H2,2H3,(H,37,38). The normalized spacial score (nSPS) is 10.9. The van der Waals surface area contributed by atoms with Gasteiger partial charge in [0.05, 0.1) is 24.8 Å². The summed E-state index contributed by atoms with van der Waals surface area (Å²) >= 11 is 12.5. The number of hydrogen-bond donors (Lipinski definition) is 2. The Hall–Kier alpha value is -4.46. The summed E-state index contributed by atoms with van der Waals surface area (Å²) in [5, 5.41) is 19.7. The number of rotatable bonds is 10. The van der Waals surface area contributed by atoms with Gasteiger partial charge in [-0.3, -0.25) is 4.79 Å². The molecule has 40 heavy (non-hydrogen) atoms. The van der Waals surface area contributed by atoms with Crippen molar-refractivity contribution in [1.29, 1.82) is 0 Å². The first-order valence-corrected chi connectivity index (χ1v) is 13.1. The lowest BCUT2D eigenvalue weighted by Crippen LogP contribution is -2.16. The third-order valence-corrected chi connectivity index (χ3v) is 6.68. The fourth-order valence-corrected chi connectivity index (χ4v) is 4.73. The van der Waals surface area contributed by atoms with Gasteiger partial charge >= 0.3 is 5.97 Å². The third kappa shape index (κ3) is 6.22. The zero-order valence-electron chi connectivity index (χ0n) is 21.5. The minimum atomic E-state index is -0.870. The van der Waals surface area contributed by atoms with E-state index in [0.29, 0.717) is 39.6 Å². The van der Waals surface area contributed by atoms with Crippen LogP contribution in [0.15, 0.2) is 91.6 Å². The zero-order chi connectivity index (χ0) is 28.2. The van der Waals surface area contributed by atoms with E-state index in [2.05, 4.69) is 18.0 Å². The highest BCUT2D eigenvalue weighted by Crippen LogP contribution is 2.36. The number of hydrogen-bond acceptors (Lipinski definition) is 5. The minimum Gasteiger partial charge on any atom is -0.497 e. The van der Waals surface area contributed by atoms with Crippen LogP contribution in [0.1, 0.15) is 12.0 Å². The van der Waals surface area contributed by atoms with E-state index in [-0.39, 0.29) is 6.42 Å². The number of fused-ring (bicyclic) bond motifs is 1. The SMILES string of the molecule is C=C(NCCC(=O)O)c1ccc(Oc2nn(-c3cc(Cl)cc(Cl)c3)cc2-c2ccc3cc(OC)ccc3c2)cc1. The lowest BCUT2D eigenvalue weighted by atomic mass is 10.0. The van der Waals surface area contributed by atoms with Crippen molar-refractivity contribution in [3.63, 3.8) is 0 Å². The quantitative estimate of drug-likeness (QED) is 0.177. The third-order valence-electron chi connectivity index (χ3n) is 6.25. The molecular weight excluding hydrogens is 549 g/mol. The molecule has 0 amide bonds. The van der Waals surface area contributed by atoms with Crippen LogP contribution in [0.5, 0.6) is 17.4 Å². The zero-order valence-corrected chi connectivity index (χ0v) is 23.0. The smallest absolute Gasteiger partial charge is 0.305 e. The van der Waals surface area contributed by atoms with Crippen LogP contribution in [-0.4, -0.2) is 34.5 Å². The maximum atomic E-state index is 10.8. The number of nitrogens with zero attached hydrogens (tertiary/aromatic N) is 2. The van der Waals surface area contributed by atoms with Crippen LogP contribution in [0.3, 0.4) is 0 Å². The Labute approximate surface area is 241 Å². The van der Waals surface area contributed by atoms with Gasteiger partial charge < -0.3 is 19.9 Å². The van der Waals surface area contributed by atoms with Crippen LogP contribution in [0.4, 0.5) is 0 Å². The Morgan fingerprint density at radius 3 is 2.33 bits per heavy atom. The summed E-state index contributed by atoms with van der Waals surface area (Å²) in [7, 11) is 1.65. The van der Waals surface area contributed by atoms with Gasteiger partial charge in [-0.15, -0.1) is 5.10 Å². The van der Waals surface area contributed by atoms with Gasteiger partial charge in [0.1, 0.15) is 11.5 Å². The van der Waals surface area contributed by atoms with Crippen molar-refractivity contribution in [3.8, 4) is 34.2 Å². The lowest BCUT2D eigenvalue weighted by molar-refractivity contribution is -0.136. The van der Waals surface area contributed by atoms with Crippen LogP contribution in [0.2, 0.25) is 10.0 Å². The van der Waals surface area contributed by atoms with Crippen molar-refractivity contribution in [2.24, 2.45) is 0 Å². The summed E-state index contributed by atoms with van der Waals surface area (Å²) in [6, 6.07) is 24.6. The highest BCUT2D eigenvalue weighted by atomic mass is 35.5. The summed E-state index contributed by atoms with van der Waals surface area (Å²) in [4.78, 5) is 10.8. The van der Waals surface area contributed by atoms with Crippen molar-refractivity contribution >= 4 is 45.6 Å². The molecule has 1 aromatic heterocycles. The molecule has 0 saturated carbocycles. The molecule has 5 rings (SSSR count). The average molecular weight is 574 g/mol. The van der Waals surface area contributed by atoms with Crippen molar-refractivity contribution in [1.82, 2.24) is 15.1 Å². The van der Waals surface area contributed by atoms with Gasteiger partial charge in [-0.25, -0.2) is 4.68 Å². The molecule has 5 aromatic rings. The fourth-order valence-electron chi connectivity index (χ4n) is 4.21.